The van der Waals surface area contributed by atoms with Gasteiger partial charge in [-0.15, -0.1) is 0 Å². The van der Waals surface area contributed by atoms with Gasteiger partial charge in [0.05, 0.1) is 23.7 Å². The lowest BCUT2D eigenvalue weighted by Gasteiger charge is -2.42. The van der Waals surface area contributed by atoms with Gasteiger partial charge in [-0.25, -0.2) is 0 Å². The van der Waals surface area contributed by atoms with E-state index in [-0.39, 0.29) is 28.1 Å². The summed E-state index contributed by atoms with van der Waals surface area (Å²) in [6.45, 7) is 1.06. The van der Waals surface area contributed by atoms with E-state index in [1.54, 1.807) is 12.1 Å². The molecule has 13 heteroatoms. The number of phenols is 1. The molecular weight excluding hydrogens is 532 g/mol. The molecule has 1 aromatic heterocycles. The van der Waals surface area contributed by atoms with E-state index in [1.807, 2.05) is 0 Å². The van der Waals surface area contributed by atoms with Crippen LogP contribution in [0.25, 0.3) is 22.1 Å². The molecule has 0 saturated carbocycles. The van der Waals surface area contributed by atoms with Crippen LogP contribution in [0, 0.1) is 0 Å². The predicted molar refractivity (Wildman–Crippen MR) is 135 cm³/mol. The van der Waals surface area contributed by atoms with Crippen LogP contribution < -0.4 is 10.2 Å². The van der Waals surface area contributed by atoms with Crippen molar-refractivity contribution in [2.75, 3.05) is 6.61 Å². The van der Waals surface area contributed by atoms with Gasteiger partial charge in [0.1, 0.15) is 66.1 Å². The lowest BCUT2D eigenvalue weighted by molar-refractivity contribution is -0.318. The van der Waals surface area contributed by atoms with Crippen molar-refractivity contribution in [3.8, 4) is 22.6 Å². The van der Waals surface area contributed by atoms with E-state index in [4.69, 9.17) is 23.4 Å². The molecule has 0 bridgehead atoms. The quantitative estimate of drug-likeness (QED) is 0.196. The molecule has 10 unspecified atom stereocenters. The van der Waals surface area contributed by atoms with Gasteiger partial charge in [-0.3, -0.25) is 4.79 Å². The number of aromatic hydroxyl groups is 1. The van der Waals surface area contributed by atoms with Crippen LogP contribution in [0.1, 0.15) is 6.92 Å². The zero-order valence-corrected chi connectivity index (χ0v) is 21.2. The van der Waals surface area contributed by atoms with E-state index in [0.29, 0.717) is 10.9 Å². The number of fused-ring (bicyclic) bond motifs is 1. The van der Waals surface area contributed by atoms with Crippen LogP contribution in [0.15, 0.2) is 57.9 Å². The third-order valence-corrected chi connectivity index (χ3v) is 7.08. The standard InChI is InChI=1S/C27H30O13/c1-11-19(29)22(32)24(34)26(38-11)37-10-18-21(31)23(33)25(35)27(40-18)39-14-5-2-12(3-6-14)16-9-36-17-8-13(28)4-7-15(17)20(16)30/h2-9,11,18-19,21-29,31-35H,10H2,1H3. The van der Waals surface area contributed by atoms with E-state index < -0.39 is 68.0 Å². The number of phenolic OH excluding ortho intramolecular Hbond substituents is 1. The monoisotopic (exact) mass is 562 g/mol. The fourth-order valence-corrected chi connectivity index (χ4v) is 4.66. The Morgan fingerprint density at radius 3 is 2.20 bits per heavy atom. The van der Waals surface area contributed by atoms with Gasteiger partial charge in [0, 0.05) is 6.07 Å². The molecule has 40 heavy (non-hydrogen) atoms. The molecule has 2 aromatic carbocycles. The zero-order valence-electron chi connectivity index (χ0n) is 21.2. The fraction of sp³-hybridized carbons (Fsp3) is 0.444. The average molecular weight is 563 g/mol. The molecule has 2 fully saturated rings. The van der Waals surface area contributed by atoms with Gasteiger partial charge in [0.2, 0.25) is 6.29 Å². The highest BCUT2D eigenvalue weighted by Gasteiger charge is 2.47. The summed E-state index contributed by atoms with van der Waals surface area (Å²) in [4.78, 5) is 12.9. The van der Waals surface area contributed by atoms with Gasteiger partial charge in [-0.1, -0.05) is 12.1 Å². The van der Waals surface area contributed by atoms with Gasteiger partial charge in [-0.2, -0.15) is 0 Å². The van der Waals surface area contributed by atoms with E-state index in [2.05, 4.69) is 0 Å². The average Bonchev–Trinajstić information content (AvgIpc) is 2.94. The Kier molecular flexibility index (Phi) is 8.10. The Balaban J connectivity index is 1.26. The first-order valence-corrected chi connectivity index (χ1v) is 12.6. The molecule has 2 saturated heterocycles. The Labute approximate surface area is 227 Å². The zero-order chi connectivity index (χ0) is 28.7. The predicted octanol–water partition coefficient (Wildman–Crippen LogP) is -0.804. The highest BCUT2D eigenvalue weighted by atomic mass is 16.7. The van der Waals surface area contributed by atoms with Gasteiger partial charge >= 0.3 is 0 Å². The minimum Gasteiger partial charge on any atom is -0.508 e. The molecule has 3 aromatic rings. The van der Waals surface area contributed by atoms with Gasteiger partial charge < -0.3 is 59.1 Å². The van der Waals surface area contributed by atoms with E-state index >= 15 is 0 Å². The van der Waals surface area contributed by atoms with E-state index in [1.165, 1.54) is 43.5 Å². The van der Waals surface area contributed by atoms with Crippen LogP contribution in [0.5, 0.6) is 11.5 Å². The van der Waals surface area contributed by atoms with Crippen molar-refractivity contribution in [3.05, 3.63) is 59.0 Å². The molecule has 216 valence electrons. The summed E-state index contributed by atoms with van der Waals surface area (Å²) in [6.07, 6.45) is -12.9. The Bertz CT molecular complexity index is 1380. The summed E-state index contributed by atoms with van der Waals surface area (Å²) >= 11 is 0. The first-order chi connectivity index (χ1) is 19.0. The molecule has 0 radical (unpaired) electrons. The Morgan fingerprint density at radius 1 is 0.800 bits per heavy atom. The smallest absolute Gasteiger partial charge is 0.229 e. The van der Waals surface area contributed by atoms with Gasteiger partial charge in [-0.05, 0) is 36.8 Å². The summed E-state index contributed by atoms with van der Waals surface area (Å²) in [5, 5.41) is 71.0. The van der Waals surface area contributed by atoms with E-state index in [9.17, 15) is 40.5 Å². The van der Waals surface area contributed by atoms with Crippen molar-refractivity contribution in [3.63, 3.8) is 0 Å². The highest BCUT2D eigenvalue weighted by Crippen LogP contribution is 2.29. The second-order valence-corrected chi connectivity index (χ2v) is 9.83. The van der Waals surface area contributed by atoms with Crippen LogP contribution in [0.4, 0.5) is 0 Å². The molecule has 2 aliphatic heterocycles. The number of hydrogen-bond donors (Lipinski definition) is 7. The van der Waals surface area contributed by atoms with Crippen LogP contribution in [0.3, 0.4) is 0 Å². The highest BCUT2D eigenvalue weighted by molar-refractivity contribution is 5.82. The topological polar surface area (TPSA) is 209 Å². The van der Waals surface area contributed by atoms with Crippen LogP contribution in [-0.2, 0) is 14.2 Å². The number of aliphatic hydroxyl groups is 6. The minimum absolute atomic E-state index is 0.0309. The summed E-state index contributed by atoms with van der Waals surface area (Å²) in [5.41, 5.74) is 0.720. The summed E-state index contributed by atoms with van der Waals surface area (Å²) in [7, 11) is 0. The molecule has 13 nitrogen and oxygen atoms in total. The fourth-order valence-electron chi connectivity index (χ4n) is 4.66. The maximum absolute atomic E-state index is 12.9. The molecule has 2 aliphatic rings. The van der Waals surface area contributed by atoms with Crippen molar-refractivity contribution in [2.24, 2.45) is 0 Å². The van der Waals surface area contributed by atoms with Gasteiger partial charge in [0.25, 0.3) is 0 Å². The normalized spacial score (nSPS) is 34.6. The van der Waals surface area contributed by atoms with E-state index in [0.717, 1.165) is 0 Å². The van der Waals surface area contributed by atoms with Crippen molar-refractivity contribution in [1.29, 1.82) is 0 Å². The first-order valence-electron chi connectivity index (χ1n) is 12.6. The van der Waals surface area contributed by atoms with Crippen LogP contribution in [-0.4, -0.2) is 104 Å². The summed E-state index contributed by atoms with van der Waals surface area (Å²) < 4.78 is 27.6. The molecule has 0 aliphatic carbocycles. The maximum Gasteiger partial charge on any atom is 0.229 e. The molecule has 5 rings (SSSR count). The largest absolute Gasteiger partial charge is 0.508 e. The number of rotatable bonds is 6. The van der Waals surface area contributed by atoms with Crippen molar-refractivity contribution in [1.82, 2.24) is 0 Å². The minimum atomic E-state index is -1.67. The molecular formula is C27H30O13. The van der Waals surface area contributed by atoms with Crippen LogP contribution in [0.2, 0.25) is 0 Å². The van der Waals surface area contributed by atoms with Crippen molar-refractivity contribution < 1.29 is 59.1 Å². The Hall–Kier alpha value is -3.11. The molecule has 10 atom stereocenters. The second kappa shape index (κ2) is 11.4. The second-order valence-electron chi connectivity index (χ2n) is 9.83. The third-order valence-electron chi connectivity index (χ3n) is 7.08. The SMILES string of the molecule is CC1OC(OCC2OC(Oc3ccc(-c4coc5cc(O)ccc5c4=O)cc3)C(O)C(O)C2O)C(O)C(O)C1O. The number of hydrogen-bond acceptors (Lipinski definition) is 13. The van der Waals surface area contributed by atoms with Crippen molar-refractivity contribution in [2.45, 2.75) is 68.3 Å². The Morgan fingerprint density at radius 2 is 1.48 bits per heavy atom. The van der Waals surface area contributed by atoms with Crippen LogP contribution >= 0.6 is 0 Å². The molecule has 0 spiro atoms. The number of ether oxygens (including phenoxy) is 4. The first kappa shape index (κ1) is 28.4. The van der Waals surface area contributed by atoms with Crippen molar-refractivity contribution >= 4 is 11.0 Å². The number of aliphatic hydroxyl groups excluding tert-OH is 6. The maximum atomic E-state index is 12.9. The molecule has 7 N–H and O–H groups in total. The summed E-state index contributed by atoms with van der Waals surface area (Å²) in [5.74, 6) is 0.180. The molecule has 3 heterocycles. The lowest BCUT2D eigenvalue weighted by atomic mass is 9.98. The summed E-state index contributed by atoms with van der Waals surface area (Å²) in [6, 6.07) is 10.4. The van der Waals surface area contributed by atoms with Gasteiger partial charge in [0.15, 0.2) is 11.7 Å². The third kappa shape index (κ3) is 5.43. The number of benzene rings is 2. The lowest BCUT2D eigenvalue weighted by Crippen LogP contribution is -2.61. The molecule has 0 amide bonds.